The molecule has 0 heterocycles. The second-order valence-electron chi connectivity index (χ2n) is 5.58. The molecule has 0 aromatic heterocycles. The van der Waals surface area contributed by atoms with Crippen molar-refractivity contribution in [1.82, 2.24) is 0 Å². The van der Waals surface area contributed by atoms with Crippen LogP contribution in [0.5, 0.6) is 0 Å². The molecule has 0 spiro atoms. The van der Waals surface area contributed by atoms with Gasteiger partial charge in [0.1, 0.15) is 5.25 Å². The lowest BCUT2D eigenvalue weighted by atomic mass is 10.0. The molecule has 1 amide bonds. The topological polar surface area (TPSA) is 72.2 Å². The average molecular weight is 308 g/mol. The first-order chi connectivity index (χ1) is 10.1. The maximum absolute atomic E-state index is 12.5. The third-order valence-corrected chi connectivity index (χ3v) is 6.13. The SMILES string of the molecule is CC(C(=O)Nc1ccccc1CN)S(=O)C1CCCCC1. The van der Waals surface area contributed by atoms with E-state index in [4.69, 9.17) is 5.73 Å². The number of hydrogen-bond donors (Lipinski definition) is 2. The number of nitrogens with one attached hydrogen (secondary N) is 1. The number of benzene rings is 1. The minimum absolute atomic E-state index is 0.171. The largest absolute Gasteiger partial charge is 0.326 e. The van der Waals surface area contributed by atoms with Crippen molar-refractivity contribution in [3.05, 3.63) is 29.8 Å². The standard InChI is InChI=1S/C16H24N2O2S/c1-12(21(20)14-8-3-2-4-9-14)16(19)18-15-10-6-5-7-13(15)11-17/h5-7,10,12,14H,2-4,8-9,11,17H2,1H3,(H,18,19). The summed E-state index contributed by atoms with van der Waals surface area (Å²) in [5.74, 6) is -0.181. The maximum Gasteiger partial charge on any atom is 0.239 e. The lowest BCUT2D eigenvalue weighted by Gasteiger charge is -2.24. The van der Waals surface area contributed by atoms with Crippen LogP contribution in [-0.4, -0.2) is 20.6 Å². The van der Waals surface area contributed by atoms with Gasteiger partial charge < -0.3 is 11.1 Å². The molecule has 1 aromatic rings. The highest BCUT2D eigenvalue weighted by Crippen LogP contribution is 2.24. The molecule has 1 saturated carbocycles. The summed E-state index contributed by atoms with van der Waals surface area (Å²) in [6.07, 6.45) is 5.42. The van der Waals surface area contributed by atoms with E-state index in [1.165, 1.54) is 6.42 Å². The number of para-hydroxylation sites is 1. The summed E-state index contributed by atoms with van der Waals surface area (Å²) in [5, 5.41) is 2.55. The summed E-state index contributed by atoms with van der Waals surface area (Å²) in [6, 6.07) is 7.47. The van der Waals surface area contributed by atoms with Crippen LogP contribution in [0.15, 0.2) is 24.3 Å². The van der Waals surface area contributed by atoms with Crippen LogP contribution in [0.1, 0.15) is 44.6 Å². The Labute approximate surface area is 129 Å². The van der Waals surface area contributed by atoms with E-state index in [-0.39, 0.29) is 11.2 Å². The highest BCUT2D eigenvalue weighted by molar-refractivity contribution is 7.87. The molecule has 5 heteroatoms. The van der Waals surface area contributed by atoms with E-state index in [1.54, 1.807) is 6.92 Å². The van der Waals surface area contributed by atoms with Crippen LogP contribution in [0.25, 0.3) is 0 Å². The van der Waals surface area contributed by atoms with Crippen LogP contribution in [0.4, 0.5) is 5.69 Å². The number of amides is 1. The van der Waals surface area contributed by atoms with Gasteiger partial charge in [-0.15, -0.1) is 0 Å². The maximum atomic E-state index is 12.5. The molecule has 3 N–H and O–H groups in total. The fourth-order valence-electron chi connectivity index (χ4n) is 2.75. The van der Waals surface area contributed by atoms with Crippen molar-refractivity contribution in [2.24, 2.45) is 5.73 Å². The second kappa shape index (κ2) is 7.71. The highest BCUT2D eigenvalue weighted by Gasteiger charge is 2.28. The van der Waals surface area contributed by atoms with Gasteiger partial charge in [-0.25, -0.2) is 0 Å². The molecule has 1 aliphatic rings. The second-order valence-corrected chi connectivity index (χ2v) is 7.61. The van der Waals surface area contributed by atoms with Gasteiger partial charge in [-0.1, -0.05) is 37.5 Å². The Morgan fingerprint density at radius 1 is 1.33 bits per heavy atom. The summed E-state index contributed by atoms with van der Waals surface area (Å²) in [4.78, 5) is 12.3. The summed E-state index contributed by atoms with van der Waals surface area (Å²) in [7, 11) is -1.11. The first-order valence-electron chi connectivity index (χ1n) is 7.61. The minimum Gasteiger partial charge on any atom is -0.326 e. The molecule has 2 rings (SSSR count). The van der Waals surface area contributed by atoms with Crippen molar-refractivity contribution >= 4 is 22.4 Å². The summed E-state index contributed by atoms with van der Waals surface area (Å²) in [5.41, 5.74) is 7.28. The Morgan fingerprint density at radius 3 is 2.67 bits per heavy atom. The van der Waals surface area contributed by atoms with Crippen molar-refractivity contribution in [2.75, 3.05) is 5.32 Å². The number of hydrogen-bond acceptors (Lipinski definition) is 3. The average Bonchev–Trinajstić information content (AvgIpc) is 2.54. The molecule has 2 atom stereocenters. The van der Waals surface area contributed by atoms with Gasteiger partial charge in [0.15, 0.2) is 0 Å². The smallest absolute Gasteiger partial charge is 0.239 e. The number of carbonyl (C=O) groups is 1. The predicted octanol–water partition coefficient (Wildman–Crippen LogP) is 2.55. The molecule has 0 aliphatic heterocycles. The van der Waals surface area contributed by atoms with Crippen LogP contribution in [0.2, 0.25) is 0 Å². The van der Waals surface area contributed by atoms with Crippen LogP contribution in [0.3, 0.4) is 0 Å². The highest BCUT2D eigenvalue weighted by atomic mass is 32.2. The Balaban J connectivity index is 2.00. The Bertz CT molecular complexity index is 513. The lowest BCUT2D eigenvalue weighted by Crippen LogP contribution is -2.35. The molecule has 1 aromatic carbocycles. The van der Waals surface area contributed by atoms with Gasteiger partial charge in [0.25, 0.3) is 0 Å². The van der Waals surface area contributed by atoms with Gasteiger partial charge in [0.05, 0.1) is 0 Å². The third-order valence-electron chi connectivity index (χ3n) is 4.09. The fourth-order valence-corrected chi connectivity index (χ4v) is 4.39. The summed E-state index contributed by atoms with van der Waals surface area (Å²) < 4.78 is 12.5. The molecule has 1 fully saturated rings. The normalized spacial score (nSPS) is 19.0. The van der Waals surface area contributed by atoms with Crippen molar-refractivity contribution in [3.8, 4) is 0 Å². The van der Waals surface area contributed by atoms with Gasteiger partial charge in [-0.05, 0) is 31.4 Å². The molecule has 116 valence electrons. The monoisotopic (exact) mass is 308 g/mol. The Hall–Kier alpha value is -1.20. The molecule has 4 nitrogen and oxygen atoms in total. The van der Waals surface area contributed by atoms with E-state index >= 15 is 0 Å². The van der Waals surface area contributed by atoms with Gasteiger partial charge in [0.2, 0.25) is 5.91 Å². The minimum atomic E-state index is -1.11. The van der Waals surface area contributed by atoms with Gasteiger partial charge in [0, 0.05) is 28.3 Å². The fraction of sp³-hybridized carbons (Fsp3) is 0.562. The van der Waals surface area contributed by atoms with E-state index < -0.39 is 16.0 Å². The number of anilines is 1. The lowest BCUT2D eigenvalue weighted by molar-refractivity contribution is -0.115. The Kier molecular flexibility index (Phi) is 5.94. The van der Waals surface area contributed by atoms with E-state index in [0.29, 0.717) is 6.54 Å². The first-order valence-corrected chi connectivity index (χ1v) is 8.89. The Morgan fingerprint density at radius 2 is 2.00 bits per heavy atom. The zero-order valence-electron chi connectivity index (χ0n) is 12.5. The van der Waals surface area contributed by atoms with Crippen molar-refractivity contribution in [2.45, 2.75) is 56.1 Å². The van der Waals surface area contributed by atoms with Gasteiger partial charge in [-0.2, -0.15) is 0 Å². The van der Waals surface area contributed by atoms with Crippen molar-refractivity contribution in [1.29, 1.82) is 0 Å². The molecule has 21 heavy (non-hydrogen) atoms. The van der Waals surface area contributed by atoms with Crippen LogP contribution >= 0.6 is 0 Å². The summed E-state index contributed by atoms with van der Waals surface area (Å²) >= 11 is 0. The molecular formula is C16H24N2O2S. The van der Waals surface area contributed by atoms with Gasteiger partial charge in [-0.3, -0.25) is 9.00 Å². The zero-order valence-corrected chi connectivity index (χ0v) is 13.3. The van der Waals surface area contributed by atoms with Crippen LogP contribution < -0.4 is 11.1 Å². The van der Waals surface area contributed by atoms with Gasteiger partial charge >= 0.3 is 0 Å². The number of rotatable bonds is 5. The number of nitrogens with two attached hydrogens (primary N) is 1. The van der Waals surface area contributed by atoms with Crippen molar-refractivity contribution in [3.63, 3.8) is 0 Å². The number of carbonyl (C=O) groups excluding carboxylic acids is 1. The van der Waals surface area contributed by atoms with Crippen LogP contribution in [-0.2, 0) is 22.1 Å². The quantitative estimate of drug-likeness (QED) is 0.878. The molecule has 0 saturated heterocycles. The molecule has 0 radical (unpaired) electrons. The van der Waals surface area contributed by atoms with Crippen molar-refractivity contribution < 1.29 is 9.00 Å². The van der Waals surface area contributed by atoms with Crippen LogP contribution in [0, 0.1) is 0 Å². The molecule has 2 unspecified atom stereocenters. The van der Waals surface area contributed by atoms with E-state index in [9.17, 15) is 9.00 Å². The zero-order chi connectivity index (χ0) is 15.2. The molecule has 0 bridgehead atoms. The predicted molar refractivity (Wildman–Crippen MR) is 87.4 cm³/mol. The third kappa shape index (κ3) is 4.14. The van der Waals surface area contributed by atoms with E-state index in [1.807, 2.05) is 24.3 Å². The molecule has 1 aliphatic carbocycles. The van der Waals surface area contributed by atoms with E-state index in [2.05, 4.69) is 5.32 Å². The summed E-state index contributed by atoms with van der Waals surface area (Å²) in [6.45, 7) is 2.13. The molecular weight excluding hydrogens is 284 g/mol. The first kappa shape index (κ1) is 16.2. The van der Waals surface area contributed by atoms with E-state index in [0.717, 1.165) is 36.9 Å².